The van der Waals surface area contributed by atoms with Crippen molar-refractivity contribution >= 4 is 11.4 Å². The van der Waals surface area contributed by atoms with Crippen LogP contribution in [0.4, 0.5) is 0 Å². The van der Waals surface area contributed by atoms with E-state index in [9.17, 15) is 0 Å². The third-order valence-electron chi connectivity index (χ3n) is 2.42. The van der Waals surface area contributed by atoms with Crippen LogP contribution in [0.3, 0.4) is 0 Å². The number of nitrogens with zero attached hydrogens (tertiary/aromatic N) is 4. The van der Waals surface area contributed by atoms with Gasteiger partial charge in [0.1, 0.15) is 0 Å². The lowest BCUT2D eigenvalue weighted by molar-refractivity contribution is 1.17. The minimum Gasteiger partial charge on any atom is -0.255 e. The molecule has 0 spiro atoms. The number of pyridine rings is 2. The van der Waals surface area contributed by atoms with Crippen LogP contribution in [0, 0.1) is 0 Å². The van der Waals surface area contributed by atoms with Crippen LogP contribution in [-0.2, 0) is 0 Å². The minimum absolute atomic E-state index is 0.783. The largest absolute Gasteiger partial charge is 0.255 e. The molecule has 90 valence electrons. The highest BCUT2D eigenvalue weighted by Crippen LogP contribution is 2.00. The molecule has 2 aromatic rings. The van der Waals surface area contributed by atoms with Crippen LogP contribution in [0.25, 0.3) is 0 Å². The van der Waals surface area contributed by atoms with Crippen LogP contribution in [0.5, 0.6) is 0 Å². The third kappa shape index (κ3) is 3.07. The van der Waals surface area contributed by atoms with Gasteiger partial charge in [0.15, 0.2) is 0 Å². The van der Waals surface area contributed by atoms with E-state index in [2.05, 4.69) is 20.2 Å². The maximum Gasteiger partial charge on any atom is 0.0860 e. The van der Waals surface area contributed by atoms with Gasteiger partial charge in [-0.2, -0.15) is 10.2 Å². The Morgan fingerprint density at radius 2 is 1.22 bits per heavy atom. The number of hydrogen-bond donors (Lipinski definition) is 0. The zero-order chi connectivity index (χ0) is 12.8. The van der Waals surface area contributed by atoms with E-state index in [0.717, 1.165) is 22.8 Å². The first-order valence-corrected chi connectivity index (χ1v) is 5.69. The van der Waals surface area contributed by atoms with Gasteiger partial charge in [-0.05, 0) is 38.1 Å². The SMILES string of the molecule is C/C(=N/N=C(\C)c1ccccn1)c1ccccn1. The van der Waals surface area contributed by atoms with Crippen molar-refractivity contribution in [1.29, 1.82) is 0 Å². The molecule has 18 heavy (non-hydrogen) atoms. The lowest BCUT2D eigenvalue weighted by Crippen LogP contribution is -2.00. The summed E-state index contributed by atoms with van der Waals surface area (Å²) in [4.78, 5) is 8.43. The van der Waals surface area contributed by atoms with Crippen LogP contribution in [-0.4, -0.2) is 21.4 Å². The predicted molar refractivity (Wildman–Crippen MR) is 72.9 cm³/mol. The average Bonchev–Trinajstić information content (AvgIpc) is 2.46. The van der Waals surface area contributed by atoms with Crippen LogP contribution in [0.2, 0.25) is 0 Å². The van der Waals surface area contributed by atoms with Crippen molar-refractivity contribution in [2.24, 2.45) is 10.2 Å². The summed E-state index contributed by atoms with van der Waals surface area (Å²) in [5.74, 6) is 0. The molecule has 0 radical (unpaired) electrons. The fraction of sp³-hybridized carbons (Fsp3) is 0.143. The molecule has 2 heterocycles. The lowest BCUT2D eigenvalue weighted by atomic mass is 10.2. The molecule has 0 atom stereocenters. The van der Waals surface area contributed by atoms with Gasteiger partial charge in [0.25, 0.3) is 0 Å². The van der Waals surface area contributed by atoms with E-state index in [4.69, 9.17) is 0 Å². The van der Waals surface area contributed by atoms with E-state index in [1.165, 1.54) is 0 Å². The first kappa shape index (κ1) is 12.1. The zero-order valence-electron chi connectivity index (χ0n) is 10.4. The Balaban J connectivity index is 2.20. The molecule has 0 aliphatic carbocycles. The number of rotatable bonds is 3. The zero-order valence-corrected chi connectivity index (χ0v) is 10.4. The van der Waals surface area contributed by atoms with Crippen molar-refractivity contribution in [3.05, 3.63) is 60.2 Å². The molecule has 0 saturated carbocycles. The fourth-order valence-electron chi connectivity index (χ4n) is 1.41. The molecule has 2 aromatic heterocycles. The van der Waals surface area contributed by atoms with Crippen LogP contribution >= 0.6 is 0 Å². The number of hydrogen-bond acceptors (Lipinski definition) is 4. The van der Waals surface area contributed by atoms with Crippen LogP contribution in [0.1, 0.15) is 25.2 Å². The second-order valence-corrected chi connectivity index (χ2v) is 3.80. The molecule has 2 rings (SSSR count). The van der Waals surface area contributed by atoms with Gasteiger partial charge < -0.3 is 0 Å². The maximum absolute atomic E-state index is 4.21. The molecule has 4 nitrogen and oxygen atoms in total. The first-order valence-electron chi connectivity index (χ1n) is 5.69. The molecule has 0 amide bonds. The molecule has 0 fully saturated rings. The molecule has 0 unspecified atom stereocenters. The number of aromatic nitrogens is 2. The second kappa shape index (κ2) is 5.82. The van der Waals surface area contributed by atoms with Crippen molar-refractivity contribution in [2.75, 3.05) is 0 Å². The molecule has 0 bridgehead atoms. The van der Waals surface area contributed by atoms with Gasteiger partial charge in [-0.1, -0.05) is 12.1 Å². The van der Waals surface area contributed by atoms with Crippen molar-refractivity contribution in [1.82, 2.24) is 9.97 Å². The molecule has 0 aliphatic rings. The highest BCUT2D eigenvalue weighted by atomic mass is 15.2. The summed E-state index contributed by atoms with van der Waals surface area (Å²) in [7, 11) is 0. The third-order valence-corrected chi connectivity index (χ3v) is 2.42. The fourth-order valence-corrected chi connectivity index (χ4v) is 1.41. The van der Waals surface area contributed by atoms with E-state index in [1.807, 2.05) is 50.2 Å². The smallest absolute Gasteiger partial charge is 0.0860 e. The summed E-state index contributed by atoms with van der Waals surface area (Å²) in [5, 5.41) is 8.35. The Kier molecular flexibility index (Phi) is 3.91. The van der Waals surface area contributed by atoms with E-state index in [0.29, 0.717) is 0 Å². The van der Waals surface area contributed by atoms with Crippen molar-refractivity contribution in [3.8, 4) is 0 Å². The molecule has 0 aromatic carbocycles. The predicted octanol–water partition coefficient (Wildman–Crippen LogP) is 2.71. The Hall–Kier alpha value is -2.36. The van der Waals surface area contributed by atoms with Crippen LogP contribution < -0.4 is 0 Å². The van der Waals surface area contributed by atoms with Gasteiger partial charge >= 0.3 is 0 Å². The lowest BCUT2D eigenvalue weighted by Gasteiger charge is -1.98. The summed E-state index contributed by atoms with van der Waals surface area (Å²) < 4.78 is 0. The van der Waals surface area contributed by atoms with Crippen molar-refractivity contribution in [3.63, 3.8) is 0 Å². The maximum atomic E-state index is 4.21. The monoisotopic (exact) mass is 238 g/mol. The summed E-state index contributed by atoms with van der Waals surface area (Å²) in [6, 6.07) is 11.4. The highest BCUT2D eigenvalue weighted by Gasteiger charge is 1.99. The van der Waals surface area contributed by atoms with Gasteiger partial charge in [-0.25, -0.2) is 0 Å². The van der Waals surface area contributed by atoms with Crippen LogP contribution in [0.15, 0.2) is 59.0 Å². The average molecular weight is 238 g/mol. The molecular formula is C14H14N4. The molecular weight excluding hydrogens is 224 g/mol. The van der Waals surface area contributed by atoms with Gasteiger partial charge in [0, 0.05) is 12.4 Å². The quantitative estimate of drug-likeness (QED) is 0.609. The Bertz CT molecular complexity index is 505. The summed E-state index contributed by atoms with van der Waals surface area (Å²) in [6.45, 7) is 3.77. The first-order chi connectivity index (χ1) is 8.77. The summed E-state index contributed by atoms with van der Waals surface area (Å²) in [5.41, 5.74) is 3.22. The normalized spacial score (nSPS) is 12.6. The Morgan fingerprint density at radius 1 is 0.778 bits per heavy atom. The highest BCUT2D eigenvalue weighted by molar-refractivity contribution is 5.99. The van der Waals surface area contributed by atoms with E-state index in [-0.39, 0.29) is 0 Å². The Labute approximate surface area is 106 Å². The van der Waals surface area contributed by atoms with Crippen molar-refractivity contribution in [2.45, 2.75) is 13.8 Å². The molecule has 0 N–H and O–H groups in total. The topological polar surface area (TPSA) is 50.5 Å². The standard InChI is InChI=1S/C14H14N4/c1-11(13-7-3-5-9-15-13)17-18-12(2)14-8-4-6-10-16-14/h3-10H,1-2H3/b17-11-,18-12+. The molecule has 4 heteroatoms. The van der Waals surface area contributed by atoms with Crippen molar-refractivity contribution < 1.29 is 0 Å². The minimum atomic E-state index is 0.783. The van der Waals surface area contributed by atoms with Gasteiger partial charge in [-0.3, -0.25) is 9.97 Å². The van der Waals surface area contributed by atoms with Gasteiger partial charge in [0.2, 0.25) is 0 Å². The molecule has 0 aliphatic heterocycles. The van der Waals surface area contributed by atoms with Gasteiger partial charge in [-0.15, -0.1) is 0 Å². The van der Waals surface area contributed by atoms with E-state index < -0.39 is 0 Å². The van der Waals surface area contributed by atoms with E-state index >= 15 is 0 Å². The second-order valence-electron chi connectivity index (χ2n) is 3.80. The summed E-state index contributed by atoms with van der Waals surface area (Å²) in [6.07, 6.45) is 3.48. The Morgan fingerprint density at radius 3 is 1.56 bits per heavy atom. The van der Waals surface area contributed by atoms with E-state index in [1.54, 1.807) is 12.4 Å². The summed E-state index contributed by atoms with van der Waals surface area (Å²) >= 11 is 0. The molecule has 0 saturated heterocycles. The van der Waals surface area contributed by atoms with Gasteiger partial charge in [0.05, 0.1) is 22.8 Å².